The lowest BCUT2D eigenvalue weighted by atomic mass is 10.2. The average Bonchev–Trinajstić information content (AvgIpc) is 3.05. The molecule has 3 rings (SSSR count). The molecule has 2 aromatic carbocycles. The van der Waals surface area contributed by atoms with Gasteiger partial charge in [0.25, 0.3) is 5.91 Å². The van der Waals surface area contributed by atoms with Crippen molar-refractivity contribution < 1.29 is 14.3 Å². The first-order valence-corrected chi connectivity index (χ1v) is 9.99. The summed E-state index contributed by atoms with van der Waals surface area (Å²) in [7, 11) is 1.60. The molecule has 0 saturated heterocycles. The van der Waals surface area contributed by atoms with Gasteiger partial charge in [-0.1, -0.05) is 48.0 Å². The zero-order valence-corrected chi connectivity index (χ0v) is 17.3. The van der Waals surface area contributed by atoms with Gasteiger partial charge < -0.3 is 14.8 Å². The Balaban J connectivity index is 1.76. The van der Waals surface area contributed by atoms with E-state index in [0.29, 0.717) is 46.7 Å². The smallest absolute Gasteiger partial charge is 0.267 e. The van der Waals surface area contributed by atoms with Crippen LogP contribution in [0.5, 0.6) is 5.75 Å². The maximum absolute atomic E-state index is 12.8. The van der Waals surface area contributed by atoms with Gasteiger partial charge in [0.05, 0.1) is 28.0 Å². The SMILES string of the molecule is COCCOc1c(Cl)cccc1NC(=O)c1sc(Cc2ccccc2)nc1C. The van der Waals surface area contributed by atoms with E-state index in [1.807, 2.05) is 37.3 Å². The standard InChI is InChI=1S/C21H21ClN2O3S/c1-14-20(28-18(23-14)13-15-7-4-3-5-8-15)21(25)24-17-10-6-9-16(22)19(17)27-12-11-26-2/h3-10H,11-13H2,1-2H3,(H,24,25). The molecule has 1 heterocycles. The number of thiazole rings is 1. The minimum absolute atomic E-state index is 0.229. The Hall–Kier alpha value is -2.41. The fourth-order valence-corrected chi connectivity index (χ4v) is 3.89. The normalized spacial score (nSPS) is 10.7. The number of carbonyl (C=O) groups is 1. The third kappa shape index (κ3) is 5.10. The molecule has 0 aliphatic heterocycles. The Bertz CT molecular complexity index is 944. The van der Waals surface area contributed by atoms with Gasteiger partial charge in [-0.25, -0.2) is 4.98 Å². The monoisotopic (exact) mass is 416 g/mol. The predicted molar refractivity (Wildman–Crippen MR) is 113 cm³/mol. The molecule has 0 bridgehead atoms. The highest BCUT2D eigenvalue weighted by Crippen LogP contribution is 2.33. The number of hydrogen-bond donors (Lipinski definition) is 1. The van der Waals surface area contributed by atoms with E-state index in [1.54, 1.807) is 25.3 Å². The molecule has 0 unspecified atom stereocenters. The lowest BCUT2D eigenvalue weighted by molar-refractivity contribution is 0.102. The molecule has 0 radical (unpaired) electrons. The number of amides is 1. The van der Waals surface area contributed by atoms with Crippen LogP contribution in [0.4, 0.5) is 5.69 Å². The van der Waals surface area contributed by atoms with E-state index in [4.69, 9.17) is 21.1 Å². The highest BCUT2D eigenvalue weighted by atomic mass is 35.5. The van der Waals surface area contributed by atoms with Crippen molar-refractivity contribution in [2.24, 2.45) is 0 Å². The summed E-state index contributed by atoms with van der Waals surface area (Å²) in [6.07, 6.45) is 0.697. The fraction of sp³-hybridized carbons (Fsp3) is 0.238. The molecule has 0 atom stereocenters. The lowest BCUT2D eigenvalue weighted by Gasteiger charge is -2.13. The summed E-state index contributed by atoms with van der Waals surface area (Å²) in [5.41, 5.74) is 2.38. The van der Waals surface area contributed by atoms with Gasteiger partial charge >= 0.3 is 0 Å². The van der Waals surface area contributed by atoms with Gasteiger partial charge in [0.1, 0.15) is 11.5 Å². The molecular weight excluding hydrogens is 396 g/mol. The maximum atomic E-state index is 12.8. The van der Waals surface area contributed by atoms with Gasteiger partial charge in [-0.2, -0.15) is 0 Å². The zero-order chi connectivity index (χ0) is 19.9. The van der Waals surface area contributed by atoms with Gasteiger partial charge in [-0.15, -0.1) is 11.3 Å². The molecule has 7 heteroatoms. The fourth-order valence-electron chi connectivity index (χ4n) is 2.67. The van der Waals surface area contributed by atoms with Crippen LogP contribution in [0.1, 0.15) is 25.9 Å². The van der Waals surface area contributed by atoms with Crippen molar-refractivity contribution in [2.45, 2.75) is 13.3 Å². The van der Waals surface area contributed by atoms with E-state index in [0.717, 1.165) is 10.6 Å². The van der Waals surface area contributed by atoms with Gasteiger partial charge in [0, 0.05) is 13.5 Å². The molecule has 0 spiro atoms. The summed E-state index contributed by atoms with van der Waals surface area (Å²) >= 11 is 7.63. The molecule has 3 aromatic rings. The van der Waals surface area contributed by atoms with E-state index in [-0.39, 0.29) is 5.91 Å². The van der Waals surface area contributed by atoms with Crippen molar-refractivity contribution >= 4 is 34.5 Å². The summed E-state index contributed by atoms with van der Waals surface area (Å²) in [5.74, 6) is 0.203. The van der Waals surface area contributed by atoms with Gasteiger partial charge in [-0.3, -0.25) is 4.79 Å². The third-order valence-corrected chi connectivity index (χ3v) is 5.45. The number of anilines is 1. The Morgan fingerprint density at radius 1 is 1.14 bits per heavy atom. The second kappa shape index (κ2) is 9.68. The van der Waals surface area contributed by atoms with E-state index in [1.165, 1.54) is 11.3 Å². The predicted octanol–water partition coefficient (Wildman–Crippen LogP) is 4.97. The number of methoxy groups -OCH3 is 1. The Morgan fingerprint density at radius 2 is 1.93 bits per heavy atom. The number of para-hydroxylation sites is 1. The minimum Gasteiger partial charge on any atom is -0.487 e. The van der Waals surface area contributed by atoms with Crippen LogP contribution in [0.2, 0.25) is 5.02 Å². The summed E-state index contributed by atoms with van der Waals surface area (Å²) in [4.78, 5) is 18.0. The van der Waals surface area contributed by atoms with Crippen LogP contribution >= 0.6 is 22.9 Å². The van der Waals surface area contributed by atoms with Gasteiger partial charge in [0.15, 0.2) is 5.75 Å². The number of benzene rings is 2. The Labute approximate surface area is 173 Å². The molecule has 0 aliphatic carbocycles. The minimum atomic E-state index is -0.229. The van der Waals surface area contributed by atoms with Crippen LogP contribution < -0.4 is 10.1 Å². The first-order chi connectivity index (χ1) is 13.6. The maximum Gasteiger partial charge on any atom is 0.267 e. The summed E-state index contributed by atoms with van der Waals surface area (Å²) < 4.78 is 10.7. The number of aryl methyl sites for hydroxylation is 1. The number of aromatic nitrogens is 1. The summed E-state index contributed by atoms with van der Waals surface area (Å²) in [5, 5.41) is 4.22. The van der Waals surface area contributed by atoms with Crippen LogP contribution in [-0.4, -0.2) is 31.2 Å². The molecule has 5 nitrogen and oxygen atoms in total. The topological polar surface area (TPSA) is 60.5 Å². The van der Waals surface area contributed by atoms with Crippen molar-refractivity contribution in [1.29, 1.82) is 0 Å². The molecular formula is C21H21ClN2O3S. The quantitative estimate of drug-likeness (QED) is 0.526. The van der Waals surface area contributed by atoms with Crippen molar-refractivity contribution in [1.82, 2.24) is 4.98 Å². The molecule has 1 N–H and O–H groups in total. The second-order valence-corrected chi connectivity index (χ2v) is 7.59. The third-order valence-electron chi connectivity index (χ3n) is 3.99. The number of hydrogen-bond acceptors (Lipinski definition) is 5. The van der Waals surface area contributed by atoms with Crippen molar-refractivity contribution in [3.63, 3.8) is 0 Å². The summed E-state index contributed by atoms with van der Waals surface area (Å²) in [6, 6.07) is 15.3. The van der Waals surface area contributed by atoms with Crippen LogP contribution in [0.25, 0.3) is 0 Å². The number of carbonyl (C=O) groups excluding carboxylic acids is 1. The van der Waals surface area contributed by atoms with Crippen LogP contribution in [0.3, 0.4) is 0 Å². The average molecular weight is 417 g/mol. The molecule has 1 amide bonds. The molecule has 1 aromatic heterocycles. The number of halogens is 1. The van der Waals surface area contributed by atoms with Crippen molar-refractivity contribution in [3.8, 4) is 5.75 Å². The van der Waals surface area contributed by atoms with Gasteiger partial charge in [0.2, 0.25) is 0 Å². The van der Waals surface area contributed by atoms with Crippen LogP contribution in [-0.2, 0) is 11.2 Å². The van der Waals surface area contributed by atoms with E-state index in [2.05, 4.69) is 10.3 Å². The molecule has 0 aliphatic rings. The first-order valence-electron chi connectivity index (χ1n) is 8.80. The Kier molecular flexibility index (Phi) is 7.03. The first kappa shape index (κ1) is 20.3. The molecule has 28 heavy (non-hydrogen) atoms. The molecule has 0 saturated carbocycles. The largest absolute Gasteiger partial charge is 0.487 e. The highest BCUT2D eigenvalue weighted by molar-refractivity contribution is 7.14. The lowest BCUT2D eigenvalue weighted by Crippen LogP contribution is -2.14. The van der Waals surface area contributed by atoms with E-state index < -0.39 is 0 Å². The Morgan fingerprint density at radius 3 is 2.68 bits per heavy atom. The number of nitrogens with one attached hydrogen (secondary N) is 1. The second-order valence-electron chi connectivity index (χ2n) is 6.10. The molecule has 0 fully saturated rings. The van der Waals surface area contributed by atoms with Crippen LogP contribution in [0.15, 0.2) is 48.5 Å². The zero-order valence-electron chi connectivity index (χ0n) is 15.7. The van der Waals surface area contributed by atoms with Gasteiger partial charge in [-0.05, 0) is 24.6 Å². The number of rotatable bonds is 8. The van der Waals surface area contributed by atoms with E-state index in [9.17, 15) is 4.79 Å². The van der Waals surface area contributed by atoms with Crippen molar-refractivity contribution in [3.05, 3.63) is 74.7 Å². The number of nitrogens with zero attached hydrogens (tertiary/aromatic N) is 1. The van der Waals surface area contributed by atoms with Crippen LogP contribution in [0, 0.1) is 6.92 Å². The van der Waals surface area contributed by atoms with Crippen molar-refractivity contribution in [2.75, 3.05) is 25.6 Å². The van der Waals surface area contributed by atoms with E-state index >= 15 is 0 Å². The highest BCUT2D eigenvalue weighted by Gasteiger charge is 2.18. The number of ether oxygens (including phenoxy) is 2. The molecule has 146 valence electrons. The summed E-state index contributed by atoms with van der Waals surface area (Å²) in [6.45, 7) is 2.60.